The van der Waals surface area contributed by atoms with Gasteiger partial charge in [0.2, 0.25) is 0 Å². The van der Waals surface area contributed by atoms with Crippen molar-refractivity contribution in [2.75, 3.05) is 0 Å². The number of halogens is 1. The quantitative estimate of drug-likeness (QED) is 0.475. The zero-order chi connectivity index (χ0) is 10.7. The van der Waals surface area contributed by atoms with Gasteiger partial charge in [0, 0.05) is 22.0 Å². The molecule has 0 N–H and O–H groups in total. The van der Waals surface area contributed by atoms with E-state index in [-0.39, 0.29) is 5.69 Å². The first-order valence-corrected chi connectivity index (χ1v) is 4.74. The molecule has 0 heterocycles. The van der Waals surface area contributed by atoms with Gasteiger partial charge in [-0.1, -0.05) is 22.9 Å². The number of nitro groups is 1. The highest BCUT2D eigenvalue weighted by atomic mass is 79.9. The second-order valence-electron chi connectivity index (χ2n) is 2.89. The summed E-state index contributed by atoms with van der Waals surface area (Å²) in [6, 6.07) is 4.57. The SMILES string of the molecule is CC(C=O)c1cc(Br)ccc1[N+](=O)[O-]. The van der Waals surface area contributed by atoms with E-state index in [1.807, 2.05) is 0 Å². The molecule has 74 valence electrons. The number of hydrogen-bond acceptors (Lipinski definition) is 3. The van der Waals surface area contributed by atoms with Crippen LogP contribution in [0.3, 0.4) is 0 Å². The molecule has 0 aliphatic rings. The third kappa shape index (κ3) is 2.17. The minimum absolute atomic E-state index is 0.0206. The Balaban J connectivity index is 3.29. The molecule has 0 spiro atoms. The Labute approximate surface area is 89.2 Å². The molecule has 1 unspecified atom stereocenters. The van der Waals surface area contributed by atoms with Crippen LogP contribution in [0.5, 0.6) is 0 Å². The van der Waals surface area contributed by atoms with Gasteiger partial charge in [-0.15, -0.1) is 0 Å². The first-order chi connectivity index (χ1) is 6.56. The molecule has 4 nitrogen and oxygen atoms in total. The van der Waals surface area contributed by atoms with Gasteiger partial charge in [0.15, 0.2) is 0 Å². The van der Waals surface area contributed by atoms with Crippen molar-refractivity contribution in [3.63, 3.8) is 0 Å². The molecule has 0 saturated carbocycles. The Morgan fingerprint density at radius 1 is 1.57 bits per heavy atom. The highest BCUT2D eigenvalue weighted by Crippen LogP contribution is 2.28. The summed E-state index contributed by atoms with van der Waals surface area (Å²) in [6.07, 6.45) is 0.689. The van der Waals surface area contributed by atoms with Crippen molar-refractivity contribution < 1.29 is 9.72 Å². The van der Waals surface area contributed by atoms with E-state index in [1.165, 1.54) is 6.07 Å². The van der Waals surface area contributed by atoms with Crippen molar-refractivity contribution in [1.82, 2.24) is 0 Å². The predicted molar refractivity (Wildman–Crippen MR) is 55.3 cm³/mol. The molecular formula is C9H8BrNO3. The number of carbonyl (C=O) groups is 1. The second-order valence-corrected chi connectivity index (χ2v) is 3.80. The molecule has 1 atom stereocenters. The summed E-state index contributed by atoms with van der Waals surface area (Å²) in [5.41, 5.74) is 0.409. The van der Waals surface area contributed by atoms with E-state index in [0.717, 1.165) is 4.47 Å². The molecule has 1 aromatic rings. The standard InChI is InChI=1S/C9H8BrNO3/c1-6(5-12)8-4-7(10)2-3-9(8)11(13)14/h2-6H,1H3. The van der Waals surface area contributed by atoms with Gasteiger partial charge in [0.05, 0.1) is 4.92 Å². The Morgan fingerprint density at radius 2 is 2.21 bits per heavy atom. The van der Waals surface area contributed by atoms with Gasteiger partial charge in [-0.3, -0.25) is 10.1 Å². The van der Waals surface area contributed by atoms with Crippen LogP contribution in [0.4, 0.5) is 5.69 Å². The van der Waals surface area contributed by atoms with Crippen molar-refractivity contribution in [3.05, 3.63) is 38.3 Å². The molecule has 0 radical (unpaired) electrons. The maximum Gasteiger partial charge on any atom is 0.273 e. The molecule has 1 rings (SSSR count). The molecule has 0 aromatic heterocycles. The zero-order valence-corrected chi connectivity index (χ0v) is 9.02. The molecule has 0 saturated heterocycles. The van der Waals surface area contributed by atoms with Gasteiger partial charge in [-0.05, 0) is 12.1 Å². The highest BCUT2D eigenvalue weighted by Gasteiger charge is 2.18. The van der Waals surface area contributed by atoms with E-state index in [0.29, 0.717) is 11.8 Å². The molecular weight excluding hydrogens is 250 g/mol. The maximum atomic E-state index is 10.6. The minimum Gasteiger partial charge on any atom is -0.303 e. The number of benzene rings is 1. The van der Waals surface area contributed by atoms with Crippen LogP contribution in [0.25, 0.3) is 0 Å². The van der Waals surface area contributed by atoms with E-state index in [9.17, 15) is 14.9 Å². The van der Waals surface area contributed by atoms with Gasteiger partial charge in [0.25, 0.3) is 5.69 Å². The van der Waals surface area contributed by atoms with E-state index < -0.39 is 10.8 Å². The number of rotatable bonds is 3. The summed E-state index contributed by atoms with van der Waals surface area (Å²) < 4.78 is 0.729. The number of hydrogen-bond donors (Lipinski definition) is 0. The summed E-state index contributed by atoms with van der Waals surface area (Å²) in [5.74, 6) is -0.465. The number of aldehydes is 1. The summed E-state index contributed by atoms with van der Waals surface area (Å²) in [4.78, 5) is 20.7. The van der Waals surface area contributed by atoms with Crippen molar-refractivity contribution in [3.8, 4) is 0 Å². The molecule has 1 aromatic carbocycles. The van der Waals surface area contributed by atoms with Gasteiger partial charge in [0.1, 0.15) is 6.29 Å². The average molecular weight is 258 g/mol. The first-order valence-electron chi connectivity index (χ1n) is 3.95. The van der Waals surface area contributed by atoms with E-state index in [2.05, 4.69) is 15.9 Å². The van der Waals surface area contributed by atoms with E-state index >= 15 is 0 Å². The number of carbonyl (C=O) groups excluding carboxylic acids is 1. The van der Waals surface area contributed by atoms with E-state index in [1.54, 1.807) is 19.1 Å². The van der Waals surface area contributed by atoms with E-state index in [4.69, 9.17) is 0 Å². The molecule has 0 bridgehead atoms. The lowest BCUT2D eigenvalue weighted by Crippen LogP contribution is -2.00. The zero-order valence-electron chi connectivity index (χ0n) is 7.44. The van der Waals surface area contributed by atoms with Crippen LogP contribution in [-0.2, 0) is 4.79 Å². The van der Waals surface area contributed by atoms with Crippen LogP contribution in [0.2, 0.25) is 0 Å². The van der Waals surface area contributed by atoms with Gasteiger partial charge in [-0.25, -0.2) is 0 Å². The van der Waals surface area contributed by atoms with Gasteiger partial charge >= 0.3 is 0 Å². The monoisotopic (exact) mass is 257 g/mol. The summed E-state index contributed by atoms with van der Waals surface area (Å²) in [6.45, 7) is 1.63. The van der Waals surface area contributed by atoms with Gasteiger partial charge in [-0.2, -0.15) is 0 Å². The summed E-state index contributed by atoms with van der Waals surface area (Å²) in [7, 11) is 0. The van der Waals surface area contributed by atoms with Crippen LogP contribution >= 0.6 is 15.9 Å². The fourth-order valence-electron chi connectivity index (χ4n) is 1.13. The molecule has 14 heavy (non-hydrogen) atoms. The Bertz CT molecular complexity index is 378. The normalized spacial score (nSPS) is 12.1. The molecule has 0 fully saturated rings. The Morgan fingerprint density at radius 3 is 2.71 bits per heavy atom. The maximum absolute atomic E-state index is 10.6. The van der Waals surface area contributed by atoms with Crippen molar-refractivity contribution in [2.24, 2.45) is 0 Å². The molecule has 0 aliphatic heterocycles. The predicted octanol–water partition coefficient (Wildman–Crippen LogP) is 2.66. The van der Waals surface area contributed by atoms with Crippen molar-refractivity contribution >= 4 is 27.9 Å². The lowest BCUT2D eigenvalue weighted by molar-refractivity contribution is -0.385. The second kappa shape index (κ2) is 4.32. The number of nitrogens with zero attached hydrogens (tertiary/aromatic N) is 1. The largest absolute Gasteiger partial charge is 0.303 e. The minimum atomic E-state index is -0.484. The lowest BCUT2D eigenvalue weighted by Gasteiger charge is -2.05. The topological polar surface area (TPSA) is 60.2 Å². The van der Waals surface area contributed by atoms with Crippen LogP contribution in [0.1, 0.15) is 18.4 Å². The molecule has 0 aliphatic carbocycles. The van der Waals surface area contributed by atoms with Crippen LogP contribution in [-0.4, -0.2) is 11.2 Å². The Kier molecular flexibility index (Phi) is 3.35. The van der Waals surface area contributed by atoms with Crippen molar-refractivity contribution in [2.45, 2.75) is 12.8 Å². The third-order valence-electron chi connectivity index (χ3n) is 1.88. The van der Waals surface area contributed by atoms with Crippen LogP contribution < -0.4 is 0 Å². The molecule has 5 heteroatoms. The van der Waals surface area contributed by atoms with Gasteiger partial charge < -0.3 is 4.79 Å². The Hall–Kier alpha value is -1.23. The fourth-order valence-corrected chi connectivity index (χ4v) is 1.51. The van der Waals surface area contributed by atoms with Crippen molar-refractivity contribution in [1.29, 1.82) is 0 Å². The summed E-state index contributed by atoms with van der Waals surface area (Å²) >= 11 is 3.20. The van der Waals surface area contributed by atoms with Crippen LogP contribution in [0, 0.1) is 10.1 Å². The molecule has 0 amide bonds. The fraction of sp³-hybridized carbons (Fsp3) is 0.222. The first kappa shape index (κ1) is 10.8. The highest BCUT2D eigenvalue weighted by molar-refractivity contribution is 9.10. The smallest absolute Gasteiger partial charge is 0.273 e. The lowest BCUT2D eigenvalue weighted by atomic mass is 10.0. The summed E-state index contributed by atoms with van der Waals surface area (Å²) in [5, 5.41) is 10.6. The number of nitro benzene ring substituents is 1. The third-order valence-corrected chi connectivity index (χ3v) is 2.37. The average Bonchev–Trinajstić information content (AvgIpc) is 2.16. The van der Waals surface area contributed by atoms with Crippen LogP contribution in [0.15, 0.2) is 22.7 Å².